The molecule has 144 valence electrons. The van der Waals surface area contributed by atoms with E-state index in [1.807, 2.05) is 97.9 Å². The van der Waals surface area contributed by atoms with Gasteiger partial charge in [0.05, 0.1) is 17.0 Å². The number of hydrogen-bond acceptors (Lipinski definition) is 2. The molecule has 1 heterocycles. The maximum atomic E-state index is 13.5. The van der Waals surface area contributed by atoms with Crippen molar-refractivity contribution in [1.29, 1.82) is 0 Å². The summed E-state index contributed by atoms with van der Waals surface area (Å²) >= 11 is 0. The molecule has 0 unspecified atom stereocenters. The van der Waals surface area contributed by atoms with Crippen LogP contribution in [0.1, 0.15) is 18.9 Å². The topological polar surface area (TPSA) is 48.9 Å². The van der Waals surface area contributed by atoms with Crippen molar-refractivity contribution in [2.45, 2.75) is 19.8 Å². The molecule has 4 rings (SSSR count). The van der Waals surface area contributed by atoms with Crippen LogP contribution in [-0.4, -0.2) is 4.57 Å². The fraction of sp³-hybridized carbons (Fsp3) is 0.120. The van der Waals surface area contributed by atoms with Crippen LogP contribution in [0.25, 0.3) is 22.8 Å². The first kappa shape index (κ1) is 18.7. The molecule has 0 fully saturated rings. The van der Waals surface area contributed by atoms with Crippen molar-refractivity contribution in [3.05, 3.63) is 107 Å². The minimum absolute atomic E-state index is 0.255. The minimum Gasteiger partial charge on any atom is -0.842 e. The van der Waals surface area contributed by atoms with Gasteiger partial charge in [-0.15, -0.1) is 0 Å². The molecule has 0 atom stereocenters. The first-order valence-corrected chi connectivity index (χ1v) is 9.79. The molecule has 0 aliphatic rings. The van der Waals surface area contributed by atoms with Gasteiger partial charge < -0.3 is 5.11 Å². The van der Waals surface area contributed by atoms with Gasteiger partial charge in [0.2, 0.25) is 0 Å². The highest BCUT2D eigenvalue weighted by Crippen LogP contribution is 2.23. The van der Waals surface area contributed by atoms with Crippen molar-refractivity contribution in [3.8, 4) is 28.6 Å². The van der Waals surface area contributed by atoms with Crippen molar-refractivity contribution >= 4 is 0 Å². The van der Waals surface area contributed by atoms with Gasteiger partial charge >= 0.3 is 11.4 Å². The van der Waals surface area contributed by atoms with E-state index >= 15 is 0 Å². The van der Waals surface area contributed by atoms with Crippen molar-refractivity contribution in [2.24, 2.45) is 0 Å². The second-order valence-corrected chi connectivity index (χ2v) is 6.87. The molecule has 0 spiro atoms. The highest BCUT2D eigenvalue weighted by molar-refractivity contribution is 5.57. The summed E-state index contributed by atoms with van der Waals surface area (Å²) in [4.78, 5) is 13.5. The van der Waals surface area contributed by atoms with Gasteiger partial charge in [-0.05, 0) is 42.8 Å². The Kier molecular flexibility index (Phi) is 5.25. The Morgan fingerprint density at radius 3 is 1.97 bits per heavy atom. The highest BCUT2D eigenvalue weighted by atomic mass is 16.3. The smallest absolute Gasteiger partial charge is 0.345 e. The van der Waals surface area contributed by atoms with E-state index in [1.54, 1.807) is 9.13 Å². The van der Waals surface area contributed by atoms with E-state index in [1.165, 1.54) is 0 Å². The third-order valence-electron chi connectivity index (χ3n) is 4.91. The van der Waals surface area contributed by atoms with Crippen molar-refractivity contribution in [1.82, 2.24) is 4.57 Å². The lowest BCUT2D eigenvalue weighted by atomic mass is 10.1. The zero-order valence-corrected chi connectivity index (χ0v) is 16.3. The summed E-state index contributed by atoms with van der Waals surface area (Å²) in [5.74, 6) is 0.298. The van der Waals surface area contributed by atoms with E-state index in [0.29, 0.717) is 17.8 Å². The van der Waals surface area contributed by atoms with Gasteiger partial charge in [-0.3, -0.25) is 0 Å². The Bertz CT molecular complexity index is 1170. The lowest BCUT2D eigenvalue weighted by Gasteiger charge is -2.20. The second-order valence-electron chi connectivity index (χ2n) is 6.87. The van der Waals surface area contributed by atoms with Crippen LogP contribution in [0.4, 0.5) is 0 Å². The summed E-state index contributed by atoms with van der Waals surface area (Å²) in [6.45, 7) is 1.98. The van der Waals surface area contributed by atoms with E-state index in [0.717, 1.165) is 23.4 Å². The molecule has 0 amide bonds. The Labute approximate surface area is 170 Å². The molecule has 0 aliphatic heterocycles. The normalized spacial score (nSPS) is 10.8. The van der Waals surface area contributed by atoms with Crippen LogP contribution < -0.4 is 15.2 Å². The van der Waals surface area contributed by atoms with Crippen LogP contribution in [-0.2, 0) is 6.42 Å². The number of para-hydroxylation sites is 2. The molecule has 3 aromatic carbocycles. The molecule has 0 saturated heterocycles. The largest absolute Gasteiger partial charge is 0.842 e. The summed E-state index contributed by atoms with van der Waals surface area (Å²) in [5.41, 5.74) is 2.32. The zero-order valence-electron chi connectivity index (χ0n) is 16.3. The molecule has 4 nitrogen and oxygen atoms in total. The van der Waals surface area contributed by atoms with Gasteiger partial charge in [-0.2, -0.15) is 4.57 Å². The molecule has 0 radical (unpaired) electrons. The predicted molar refractivity (Wildman–Crippen MR) is 112 cm³/mol. The molecule has 1 aromatic heterocycles. The molecule has 4 aromatic rings. The molecule has 0 N–H and O–H groups in total. The average Bonchev–Trinajstić information content (AvgIpc) is 2.78. The third-order valence-corrected chi connectivity index (χ3v) is 4.91. The van der Waals surface area contributed by atoms with Crippen molar-refractivity contribution < 1.29 is 9.67 Å². The summed E-state index contributed by atoms with van der Waals surface area (Å²) < 4.78 is 3.32. The van der Waals surface area contributed by atoms with Crippen LogP contribution in [0.5, 0.6) is 5.88 Å². The van der Waals surface area contributed by atoms with Crippen molar-refractivity contribution in [3.63, 3.8) is 0 Å². The summed E-state index contributed by atoms with van der Waals surface area (Å²) in [7, 11) is 0. The van der Waals surface area contributed by atoms with Crippen LogP contribution in [0.15, 0.2) is 95.8 Å². The third kappa shape index (κ3) is 3.45. The molecular formula is C25H22N2O2. The van der Waals surface area contributed by atoms with Gasteiger partial charge in [0, 0.05) is 0 Å². The van der Waals surface area contributed by atoms with Crippen LogP contribution >= 0.6 is 0 Å². The van der Waals surface area contributed by atoms with Crippen molar-refractivity contribution in [2.75, 3.05) is 0 Å². The Hall–Kier alpha value is -3.66. The number of benzene rings is 3. The van der Waals surface area contributed by atoms with E-state index in [9.17, 15) is 9.90 Å². The van der Waals surface area contributed by atoms with Gasteiger partial charge in [-0.25, -0.2) is 9.36 Å². The quantitative estimate of drug-likeness (QED) is 0.493. The Balaban J connectivity index is 2.20. The lowest BCUT2D eigenvalue weighted by Crippen LogP contribution is -2.46. The number of nitrogens with zero attached hydrogens (tertiary/aromatic N) is 2. The molecule has 0 bridgehead atoms. The van der Waals surface area contributed by atoms with Gasteiger partial charge in [0.1, 0.15) is 11.4 Å². The average molecular weight is 382 g/mol. The standard InChI is InChI=1S/C25H22N2O2/c1-2-12-22-24(28)26(20-15-8-4-9-16-20)23(19-13-6-3-7-14-19)27(25(22)29)21-17-10-5-11-18-21/h3-11,13-18H,2,12H2,1H3. The summed E-state index contributed by atoms with van der Waals surface area (Å²) in [6.07, 6.45) is 1.16. The number of hydrogen-bond donors (Lipinski definition) is 0. The van der Waals surface area contributed by atoms with Crippen LogP contribution in [0.3, 0.4) is 0 Å². The summed E-state index contributed by atoms with van der Waals surface area (Å²) in [5, 5.41) is 13.5. The first-order chi connectivity index (χ1) is 14.2. The molecule has 29 heavy (non-hydrogen) atoms. The lowest BCUT2D eigenvalue weighted by molar-refractivity contribution is -0.645. The number of aromatic nitrogens is 2. The van der Waals surface area contributed by atoms with E-state index < -0.39 is 0 Å². The van der Waals surface area contributed by atoms with Crippen LogP contribution in [0, 0.1) is 0 Å². The molecule has 0 aliphatic carbocycles. The maximum Gasteiger partial charge on any atom is 0.345 e. The number of rotatable bonds is 5. The zero-order chi connectivity index (χ0) is 20.2. The fourth-order valence-corrected chi connectivity index (χ4v) is 3.60. The fourth-order valence-electron chi connectivity index (χ4n) is 3.60. The van der Waals surface area contributed by atoms with Gasteiger partial charge in [0.25, 0.3) is 0 Å². The Morgan fingerprint density at radius 2 is 1.38 bits per heavy atom. The molecule has 4 heteroatoms. The maximum absolute atomic E-state index is 13.5. The van der Waals surface area contributed by atoms with E-state index in [4.69, 9.17) is 0 Å². The molecule has 0 saturated carbocycles. The Morgan fingerprint density at radius 1 is 0.828 bits per heavy atom. The second kappa shape index (κ2) is 8.15. The first-order valence-electron chi connectivity index (χ1n) is 9.79. The van der Waals surface area contributed by atoms with E-state index in [-0.39, 0.29) is 11.4 Å². The van der Waals surface area contributed by atoms with Gasteiger partial charge in [0.15, 0.2) is 0 Å². The predicted octanol–water partition coefficient (Wildman–Crippen LogP) is 3.81. The summed E-state index contributed by atoms with van der Waals surface area (Å²) in [6, 6.07) is 28.6. The van der Waals surface area contributed by atoms with E-state index in [2.05, 4.69) is 0 Å². The van der Waals surface area contributed by atoms with Crippen LogP contribution in [0.2, 0.25) is 0 Å². The minimum atomic E-state index is -0.255. The molecular weight excluding hydrogens is 360 g/mol. The SMILES string of the molecule is CCCc1c([O-])[n+](-c2ccccc2)c(-c2ccccc2)n(-c2ccccc2)c1=O. The highest BCUT2D eigenvalue weighted by Gasteiger charge is 2.27. The van der Waals surface area contributed by atoms with Gasteiger partial charge in [-0.1, -0.05) is 67.9 Å². The monoisotopic (exact) mass is 382 g/mol.